The molecular formula is C10H19KN2O8V. The normalized spacial score (nSPS) is 5.82. The minimum Gasteiger partial charge on any atom is -0.870 e. The van der Waals surface area contributed by atoms with Gasteiger partial charge in [-0.2, -0.15) is 0 Å². The molecule has 0 aromatic carbocycles. The molecule has 0 fully saturated rings. The van der Waals surface area contributed by atoms with Crippen LogP contribution < -0.4 is 51.4 Å². The van der Waals surface area contributed by atoms with Gasteiger partial charge in [0.15, 0.2) is 0 Å². The van der Waals surface area contributed by atoms with Crippen molar-refractivity contribution in [2.24, 2.45) is 0 Å². The van der Waals surface area contributed by atoms with Gasteiger partial charge in [-0.25, -0.2) is 0 Å². The molecule has 22 heavy (non-hydrogen) atoms. The van der Waals surface area contributed by atoms with Crippen LogP contribution in [0.4, 0.5) is 0 Å². The van der Waals surface area contributed by atoms with Gasteiger partial charge in [0, 0.05) is 30.9 Å². The minimum absolute atomic E-state index is 0. The van der Waals surface area contributed by atoms with Crippen LogP contribution in [0.5, 0.6) is 0 Å². The van der Waals surface area contributed by atoms with Gasteiger partial charge in [0.2, 0.25) is 0 Å². The largest absolute Gasteiger partial charge is 1.00 e. The molecule has 12 heteroatoms. The molecule has 11 N–H and O–H groups in total. The van der Waals surface area contributed by atoms with Crippen molar-refractivity contribution in [1.82, 2.24) is 9.97 Å². The third kappa shape index (κ3) is 18.3. The van der Waals surface area contributed by atoms with E-state index >= 15 is 0 Å². The summed E-state index contributed by atoms with van der Waals surface area (Å²) in [5.41, 5.74) is 1.83. The van der Waals surface area contributed by atoms with E-state index in [1.54, 1.807) is 12.4 Å². The Morgan fingerprint density at radius 3 is 1.09 bits per heavy atom. The van der Waals surface area contributed by atoms with Gasteiger partial charge < -0.3 is 21.9 Å². The molecule has 0 aliphatic rings. The Labute approximate surface area is 181 Å². The van der Waals surface area contributed by atoms with Gasteiger partial charge >= 0.3 is 51.4 Å². The van der Waals surface area contributed by atoms with Crippen LogP contribution in [0.2, 0.25) is 0 Å². The van der Waals surface area contributed by atoms with E-state index in [-0.39, 0.29) is 91.8 Å². The first-order valence-electron chi connectivity index (χ1n) is 4.19. The molecule has 2 rings (SSSR count). The molecule has 0 aliphatic heterocycles. The SMILES string of the molecule is O.O.O.OO.OO.[K+].[OH-].[V].c1ccc(-c2ccccn2)nc1. The summed E-state index contributed by atoms with van der Waals surface area (Å²) in [6, 6.07) is 11.6. The average Bonchev–Trinajstić information content (AvgIpc) is 2.45. The van der Waals surface area contributed by atoms with E-state index in [1.807, 2.05) is 36.4 Å². The predicted molar refractivity (Wildman–Crippen MR) is 70.8 cm³/mol. The fraction of sp³-hybridized carbons (Fsp3) is 0. The quantitative estimate of drug-likeness (QED) is 0.220. The Morgan fingerprint density at radius 1 is 0.636 bits per heavy atom. The molecule has 10 nitrogen and oxygen atoms in total. The van der Waals surface area contributed by atoms with E-state index in [0.29, 0.717) is 0 Å². The third-order valence-electron chi connectivity index (χ3n) is 1.59. The van der Waals surface area contributed by atoms with Crippen molar-refractivity contribution in [3.63, 3.8) is 0 Å². The summed E-state index contributed by atoms with van der Waals surface area (Å²) in [5.74, 6) is 0. The van der Waals surface area contributed by atoms with E-state index in [0.717, 1.165) is 11.4 Å². The second-order valence-electron chi connectivity index (χ2n) is 2.43. The molecule has 0 aliphatic carbocycles. The van der Waals surface area contributed by atoms with Gasteiger partial charge in [-0.1, -0.05) is 12.1 Å². The average molecular weight is 385 g/mol. The summed E-state index contributed by atoms with van der Waals surface area (Å²) in [5, 5.41) is 24.0. The topological polar surface area (TPSA) is 231 Å². The maximum Gasteiger partial charge on any atom is 1.00 e. The first-order valence-corrected chi connectivity index (χ1v) is 4.19. The van der Waals surface area contributed by atoms with Crippen molar-refractivity contribution in [2.75, 3.05) is 0 Å². The monoisotopic (exact) mass is 385 g/mol. The molecule has 0 saturated carbocycles. The van der Waals surface area contributed by atoms with Gasteiger partial charge in [0.05, 0.1) is 11.4 Å². The van der Waals surface area contributed by atoms with Crippen LogP contribution >= 0.6 is 0 Å². The van der Waals surface area contributed by atoms with Crippen molar-refractivity contribution in [1.29, 1.82) is 0 Å². The van der Waals surface area contributed by atoms with Crippen LogP contribution in [0.15, 0.2) is 48.8 Å². The summed E-state index contributed by atoms with van der Waals surface area (Å²) in [6.07, 6.45) is 3.54. The van der Waals surface area contributed by atoms with Crippen LogP contribution in [0.25, 0.3) is 11.4 Å². The molecular weight excluding hydrogens is 366 g/mol. The molecule has 1 radical (unpaired) electrons. The van der Waals surface area contributed by atoms with Gasteiger partial charge in [-0.3, -0.25) is 31.0 Å². The van der Waals surface area contributed by atoms with Crippen molar-refractivity contribution < 1.29 is 113 Å². The van der Waals surface area contributed by atoms with E-state index in [1.165, 1.54) is 0 Å². The number of hydrogen-bond donors (Lipinski definition) is 4. The Morgan fingerprint density at radius 2 is 0.909 bits per heavy atom. The molecule has 123 valence electrons. The maximum absolute atomic E-state index is 6.00. The summed E-state index contributed by atoms with van der Waals surface area (Å²) < 4.78 is 0. The first-order chi connectivity index (χ1) is 7.97. The zero-order valence-electron chi connectivity index (χ0n) is 11.7. The molecule has 0 saturated heterocycles. The number of pyridine rings is 2. The molecule has 0 unspecified atom stereocenters. The van der Waals surface area contributed by atoms with Crippen LogP contribution in [-0.2, 0) is 18.6 Å². The van der Waals surface area contributed by atoms with E-state index in [2.05, 4.69) is 9.97 Å². The van der Waals surface area contributed by atoms with E-state index < -0.39 is 0 Å². The first kappa shape index (κ1) is 43.2. The molecule has 2 aromatic rings. The van der Waals surface area contributed by atoms with Gasteiger partial charge in [-0.05, 0) is 24.3 Å². The third-order valence-corrected chi connectivity index (χ3v) is 1.59. The zero-order valence-corrected chi connectivity index (χ0v) is 16.2. The molecule has 0 spiro atoms. The fourth-order valence-corrected chi connectivity index (χ4v) is 1.03. The van der Waals surface area contributed by atoms with Gasteiger partial charge in [0.25, 0.3) is 0 Å². The smallest absolute Gasteiger partial charge is 0.870 e. The Balaban J connectivity index is -0.0000000420. The summed E-state index contributed by atoms with van der Waals surface area (Å²) >= 11 is 0. The van der Waals surface area contributed by atoms with Crippen molar-refractivity contribution >= 4 is 0 Å². The van der Waals surface area contributed by atoms with Crippen LogP contribution in [-0.4, -0.2) is 52.9 Å². The number of rotatable bonds is 1. The van der Waals surface area contributed by atoms with Gasteiger partial charge in [0.1, 0.15) is 0 Å². The second kappa shape index (κ2) is 33.0. The Kier molecular flexibility index (Phi) is 64.7. The molecule has 2 aromatic heterocycles. The standard InChI is InChI=1S/C10H8N2.K.2H2O2.4H2O.V/c1-3-7-11-9(5-1)10-6-2-4-8-12-10;;2*1-2;;;;;/h1-8H;;2*1-2H;4*1H2;/q;+1;;;;;;;/p-1. The van der Waals surface area contributed by atoms with Crippen LogP contribution in [0.3, 0.4) is 0 Å². The Bertz CT molecular complexity index is 336. The van der Waals surface area contributed by atoms with E-state index in [9.17, 15) is 0 Å². The number of aromatic nitrogens is 2. The van der Waals surface area contributed by atoms with Gasteiger partial charge in [-0.15, -0.1) is 0 Å². The second-order valence-corrected chi connectivity index (χ2v) is 2.43. The van der Waals surface area contributed by atoms with Crippen LogP contribution in [0, 0.1) is 0 Å². The van der Waals surface area contributed by atoms with Crippen molar-refractivity contribution in [3.8, 4) is 11.4 Å². The summed E-state index contributed by atoms with van der Waals surface area (Å²) in [7, 11) is 0. The fourth-order valence-electron chi connectivity index (χ4n) is 1.03. The molecule has 0 bridgehead atoms. The molecule has 0 atom stereocenters. The number of hydrogen-bond acceptors (Lipinski definition) is 7. The maximum atomic E-state index is 6.00. The van der Waals surface area contributed by atoms with Crippen LogP contribution in [0.1, 0.15) is 0 Å². The summed E-state index contributed by atoms with van der Waals surface area (Å²) in [4.78, 5) is 8.37. The summed E-state index contributed by atoms with van der Waals surface area (Å²) in [6.45, 7) is 0. The minimum atomic E-state index is 0. The zero-order chi connectivity index (χ0) is 12.2. The molecule has 2 heterocycles. The number of nitrogens with zero attached hydrogens (tertiary/aromatic N) is 2. The van der Waals surface area contributed by atoms with E-state index in [4.69, 9.17) is 21.0 Å². The van der Waals surface area contributed by atoms with Crippen molar-refractivity contribution in [3.05, 3.63) is 48.8 Å². The molecule has 0 amide bonds. The Hall–Kier alpha value is 0.201. The van der Waals surface area contributed by atoms with Crippen molar-refractivity contribution in [2.45, 2.75) is 0 Å². The predicted octanol–water partition coefficient (Wildman–Crippen LogP) is -3.47.